The summed E-state index contributed by atoms with van der Waals surface area (Å²) in [5.41, 5.74) is 0. The molecule has 0 radical (unpaired) electrons. The average molecular weight is 1320 g/mol. The Hall–Kier alpha value is -2.27. The number of carbonyl (C=O) groups excluding carboxylic acids is 2. The minimum Gasteiger partial charge on any atom is -0.462 e. The molecule has 1 saturated carbocycles. The van der Waals surface area contributed by atoms with E-state index in [1.54, 1.807) is 0 Å². The predicted octanol–water partition coefficient (Wildman–Crippen LogP) is 1.53. The van der Waals surface area contributed by atoms with Crippen LogP contribution in [0.3, 0.4) is 0 Å². The lowest BCUT2D eigenvalue weighted by Gasteiger charge is -2.49. The number of carbonyl (C=O) groups is 2. The molecular weight excluding hydrogens is 1210 g/mol. The van der Waals surface area contributed by atoms with Crippen molar-refractivity contribution in [2.24, 2.45) is 0 Å². The number of phosphoric ester groups is 1. The lowest BCUT2D eigenvalue weighted by atomic mass is 9.84. The third kappa shape index (κ3) is 27.1. The largest absolute Gasteiger partial charge is 0.472 e. The Kier molecular flexibility index (Phi) is 39.0. The van der Waals surface area contributed by atoms with Crippen LogP contribution in [0.1, 0.15) is 181 Å². The van der Waals surface area contributed by atoms with Gasteiger partial charge < -0.3 is 114 Å². The summed E-state index contributed by atoms with van der Waals surface area (Å²) in [4.78, 5) is 37.9. The second-order valence-corrected chi connectivity index (χ2v) is 25.4. The van der Waals surface area contributed by atoms with Gasteiger partial charge in [0.25, 0.3) is 0 Å². The van der Waals surface area contributed by atoms with E-state index in [2.05, 4.69) is 38.2 Å². The van der Waals surface area contributed by atoms with Crippen molar-refractivity contribution in [1.82, 2.24) is 0 Å². The highest BCUT2D eigenvalue weighted by Gasteiger charge is 2.58. The van der Waals surface area contributed by atoms with Gasteiger partial charge in [0.15, 0.2) is 25.0 Å². The third-order valence-electron chi connectivity index (χ3n) is 16.6. The van der Waals surface area contributed by atoms with Gasteiger partial charge in [0, 0.05) is 12.8 Å². The fraction of sp³-hybridized carbons (Fsp3) is 0.902. The van der Waals surface area contributed by atoms with Crippen LogP contribution in [-0.4, -0.2) is 256 Å². The van der Waals surface area contributed by atoms with Gasteiger partial charge in [-0.25, -0.2) is 4.57 Å². The summed E-state index contributed by atoms with van der Waals surface area (Å²) in [6.07, 6.45) is -12.5. The zero-order valence-electron chi connectivity index (χ0n) is 52.4. The molecule has 0 aromatic carbocycles. The molecule has 1 aliphatic carbocycles. The van der Waals surface area contributed by atoms with E-state index >= 15 is 0 Å². The predicted molar refractivity (Wildman–Crippen MR) is 319 cm³/mol. The fourth-order valence-electron chi connectivity index (χ4n) is 11.0. The Morgan fingerprint density at radius 3 is 1.26 bits per heavy atom. The van der Waals surface area contributed by atoms with Crippen LogP contribution in [0.15, 0.2) is 24.3 Å². The number of ether oxygens (including phenoxy) is 8. The van der Waals surface area contributed by atoms with Crippen LogP contribution in [0.4, 0.5) is 0 Å². The Labute approximate surface area is 528 Å². The first-order valence-corrected chi connectivity index (χ1v) is 34.2. The van der Waals surface area contributed by atoms with Gasteiger partial charge >= 0.3 is 19.8 Å². The van der Waals surface area contributed by atoms with Crippen LogP contribution in [0.5, 0.6) is 0 Å². The minimum absolute atomic E-state index is 0.00680. The van der Waals surface area contributed by atoms with Crippen LogP contribution < -0.4 is 0 Å². The molecule has 3 saturated heterocycles. The quantitative estimate of drug-likeness (QED) is 0.0178. The lowest BCUT2D eigenvalue weighted by Crippen LogP contribution is -2.69. The fourth-order valence-corrected chi connectivity index (χ4v) is 11.9. The van der Waals surface area contributed by atoms with E-state index < -0.39 is 188 Å². The Balaban J connectivity index is 1.49. The van der Waals surface area contributed by atoms with Gasteiger partial charge in [-0.15, -0.1) is 0 Å². The molecule has 28 nitrogen and oxygen atoms in total. The van der Waals surface area contributed by atoms with Gasteiger partial charge in [-0.3, -0.25) is 18.6 Å². The van der Waals surface area contributed by atoms with Gasteiger partial charge in [-0.05, 0) is 64.2 Å². The molecule has 0 amide bonds. The summed E-state index contributed by atoms with van der Waals surface area (Å²) in [5.74, 6) is -1.42. The molecule has 23 atom stereocenters. The minimum atomic E-state index is -5.76. The molecule has 0 aromatic rings. The van der Waals surface area contributed by atoms with Gasteiger partial charge in [0.05, 0.1) is 26.4 Å². The molecule has 10 unspecified atom stereocenters. The number of unbranched alkanes of at least 4 members (excludes halogenated alkanes) is 20. The average Bonchev–Trinajstić information content (AvgIpc) is 0.869. The van der Waals surface area contributed by atoms with E-state index in [4.69, 9.17) is 46.9 Å². The van der Waals surface area contributed by atoms with Crippen molar-refractivity contribution in [2.75, 3.05) is 33.0 Å². The zero-order chi connectivity index (χ0) is 66.2. The first kappa shape index (κ1) is 80.2. The highest BCUT2D eigenvalue weighted by atomic mass is 31.2. The normalized spacial score (nSPS) is 34.4. The number of hydrogen-bond donors (Lipinski definition) is 15. The zero-order valence-corrected chi connectivity index (χ0v) is 53.3. The summed E-state index contributed by atoms with van der Waals surface area (Å²) >= 11 is 0. The van der Waals surface area contributed by atoms with Crippen LogP contribution in [0, 0.1) is 0 Å². The first-order chi connectivity index (χ1) is 43.1. The van der Waals surface area contributed by atoms with Crippen molar-refractivity contribution >= 4 is 19.8 Å². The van der Waals surface area contributed by atoms with Crippen molar-refractivity contribution in [2.45, 2.75) is 316 Å². The standard InChI is InChI=1S/C61H109O28P/c1-3-5-7-9-11-13-15-17-18-20-21-23-25-27-29-31-42(64)80-35-38(83-43(65)32-30-28-26-24-22-19-16-14-12-10-8-6-4-2)36-82-90(78,79)89-58-56(87-60-54(76)48(70)45(67)40(34-63)85-60)51(73)50(72)52(74)57(58)88-61-55(77)49(71)46(68)41(86-61)37-81-59-53(75)47(69)44(66)39(33-62)84-59/h14,16-18,38-41,44-63,66-77H,3-13,15,19-37H2,1-2H3,(H,78,79)/b16-14-,18-17-/t38-,39?,40?,41?,44+,45-,46+,47?,48?,49?,50+,51?,52?,53+,54-,55+,56-,57?,58+,59-,60-,61+/m1/s1. The van der Waals surface area contributed by atoms with Crippen molar-refractivity contribution in [3.05, 3.63) is 24.3 Å². The second kappa shape index (κ2) is 43.7. The van der Waals surface area contributed by atoms with Crippen molar-refractivity contribution < 1.29 is 137 Å². The van der Waals surface area contributed by atoms with E-state index in [0.717, 1.165) is 70.6 Å². The Morgan fingerprint density at radius 2 is 0.800 bits per heavy atom. The van der Waals surface area contributed by atoms with E-state index in [-0.39, 0.29) is 12.8 Å². The van der Waals surface area contributed by atoms with Crippen LogP contribution >= 0.6 is 7.82 Å². The Morgan fingerprint density at radius 1 is 0.433 bits per heavy atom. The van der Waals surface area contributed by atoms with E-state index in [9.17, 15) is 90.5 Å². The molecule has 0 aromatic heterocycles. The van der Waals surface area contributed by atoms with Crippen molar-refractivity contribution in [3.8, 4) is 0 Å². The van der Waals surface area contributed by atoms with Crippen LogP contribution in [0.25, 0.3) is 0 Å². The monoisotopic (exact) mass is 1320 g/mol. The molecule has 4 aliphatic rings. The first-order valence-electron chi connectivity index (χ1n) is 32.7. The Bertz CT molecular complexity index is 2040. The topological polar surface area (TPSA) is 447 Å². The molecule has 15 N–H and O–H groups in total. The maximum absolute atomic E-state index is 14.3. The van der Waals surface area contributed by atoms with Crippen LogP contribution in [0.2, 0.25) is 0 Å². The van der Waals surface area contributed by atoms with Crippen LogP contribution in [-0.2, 0) is 61.1 Å². The van der Waals surface area contributed by atoms with E-state index in [1.165, 1.54) is 64.2 Å². The van der Waals surface area contributed by atoms with Gasteiger partial charge in [0.2, 0.25) is 0 Å². The molecule has 29 heteroatoms. The number of rotatable bonds is 45. The van der Waals surface area contributed by atoms with Gasteiger partial charge in [-0.1, -0.05) is 128 Å². The summed E-state index contributed by atoms with van der Waals surface area (Å²) in [6, 6.07) is 0. The molecular formula is C61H109O28P. The molecule has 90 heavy (non-hydrogen) atoms. The molecule has 3 heterocycles. The van der Waals surface area contributed by atoms with E-state index in [1.807, 2.05) is 0 Å². The summed E-state index contributed by atoms with van der Waals surface area (Å²) in [5, 5.41) is 150. The van der Waals surface area contributed by atoms with E-state index in [0.29, 0.717) is 19.3 Å². The van der Waals surface area contributed by atoms with Crippen molar-refractivity contribution in [1.29, 1.82) is 0 Å². The number of phosphoric acid groups is 1. The smallest absolute Gasteiger partial charge is 0.462 e. The number of esters is 2. The number of allylic oxidation sites excluding steroid dienone is 4. The van der Waals surface area contributed by atoms with Crippen molar-refractivity contribution in [3.63, 3.8) is 0 Å². The molecule has 4 rings (SSSR count). The second-order valence-electron chi connectivity index (χ2n) is 24.0. The molecule has 4 fully saturated rings. The molecule has 3 aliphatic heterocycles. The number of aliphatic hydroxyl groups is 14. The number of aliphatic hydroxyl groups excluding tert-OH is 14. The maximum Gasteiger partial charge on any atom is 0.472 e. The van der Waals surface area contributed by atoms with Gasteiger partial charge in [-0.2, -0.15) is 0 Å². The third-order valence-corrected chi connectivity index (χ3v) is 17.6. The highest BCUT2D eigenvalue weighted by Crippen LogP contribution is 2.49. The molecule has 0 spiro atoms. The number of hydrogen-bond acceptors (Lipinski definition) is 27. The highest BCUT2D eigenvalue weighted by molar-refractivity contribution is 7.47. The lowest BCUT2D eigenvalue weighted by molar-refractivity contribution is -0.364. The summed E-state index contributed by atoms with van der Waals surface area (Å²) in [7, 11) is -5.76. The summed E-state index contributed by atoms with van der Waals surface area (Å²) in [6.45, 7) is 0.0128. The molecule has 526 valence electrons. The summed E-state index contributed by atoms with van der Waals surface area (Å²) < 4.78 is 69.8. The van der Waals surface area contributed by atoms with Gasteiger partial charge in [0.1, 0.15) is 116 Å². The SMILES string of the molecule is CCCCCC/C=C\CCCCCCCC(=O)O[C@H](COC(=O)CCCCCCC/C=C\CCCCCCCC)COP(=O)(O)O[C@@H]1C(O[C@@H]2OC(CO[C@@H]3OC(CO)[C@H](O)C(O)[C@@H]3O)[C@H](O)C(O)[C@@H]2O)C(O)[C@@H](O)C(O)[C@H]1O[C@H]1OC(CO)[C@@H](O)C(O)[C@H]1O. The maximum atomic E-state index is 14.3. The molecule has 0 bridgehead atoms.